The Morgan fingerprint density at radius 1 is 1.26 bits per heavy atom. The van der Waals surface area contributed by atoms with Crippen LogP contribution in [0.25, 0.3) is 0 Å². The Morgan fingerprint density at radius 2 is 1.89 bits per heavy atom. The molecule has 0 saturated heterocycles. The second kappa shape index (κ2) is 5.64. The molecule has 0 heterocycles. The second-order valence-electron chi connectivity index (χ2n) is 4.49. The smallest absolute Gasteiger partial charge is 0.328 e. The number of benzene rings is 1. The molecule has 0 atom stereocenters. The lowest BCUT2D eigenvalue weighted by molar-refractivity contribution is -0.142. The van der Waals surface area contributed by atoms with E-state index in [9.17, 15) is 18.4 Å². The fourth-order valence-electron chi connectivity index (χ4n) is 1.21. The molecule has 0 spiro atoms. The fourth-order valence-corrected chi connectivity index (χ4v) is 1.21. The van der Waals surface area contributed by atoms with E-state index >= 15 is 0 Å². The van der Waals surface area contributed by atoms with E-state index in [1.807, 2.05) is 0 Å². The Balaban J connectivity index is 2.55. The topological polar surface area (TPSA) is 78.4 Å². The first-order chi connectivity index (χ1) is 8.72. The number of halogens is 2. The molecule has 1 rings (SSSR count). The minimum absolute atomic E-state index is 0.0429. The maximum Gasteiger partial charge on any atom is 0.328 e. The number of carbonyl (C=O) groups excluding carboxylic acids is 1. The van der Waals surface area contributed by atoms with Crippen LogP contribution in [0.1, 0.15) is 19.4 Å². The number of rotatable bonds is 4. The van der Waals surface area contributed by atoms with Crippen LogP contribution in [0.5, 0.6) is 0 Å². The summed E-state index contributed by atoms with van der Waals surface area (Å²) in [5, 5.41) is 13.4. The maximum atomic E-state index is 12.9. The van der Waals surface area contributed by atoms with Crippen molar-refractivity contribution in [2.75, 3.05) is 0 Å². The Kier molecular flexibility index (Phi) is 4.42. The number of amides is 2. The minimum Gasteiger partial charge on any atom is -0.480 e. The molecule has 1 aromatic carbocycles. The lowest BCUT2D eigenvalue weighted by Crippen LogP contribution is -2.52. The van der Waals surface area contributed by atoms with Crippen LogP contribution < -0.4 is 10.6 Å². The highest BCUT2D eigenvalue weighted by molar-refractivity contribution is 5.85. The summed E-state index contributed by atoms with van der Waals surface area (Å²) in [5.41, 5.74) is -1.06. The highest BCUT2D eigenvalue weighted by Gasteiger charge is 2.28. The van der Waals surface area contributed by atoms with Gasteiger partial charge in [0.05, 0.1) is 0 Å². The van der Waals surface area contributed by atoms with Crippen LogP contribution >= 0.6 is 0 Å². The molecule has 0 saturated carbocycles. The largest absolute Gasteiger partial charge is 0.480 e. The van der Waals surface area contributed by atoms with Crippen molar-refractivity contribution in [2.45, 2.75) is 25.9 Å². The number of urea groups is 1. The Morgan fingerprint density at radius 3 is 2.42 bits per heavy atom. The van der Waals surface area contributed by atoms with Crippen molar-refractivity contribution in [2.24, 2.45) is 0 Å². The van der Waals surface area contributed by atoms with Crippen LogP contribution in [0.2, 0.25) is 0 Å². The number of hydrogen-bond donors (Lipinski definition) is 3. The predicted molar refractivity (Wildman–Crippen MR) is 63.4 cm³/mol. The average Bonchev–Trinajstić information content (AvgIpc) is 2.30. The minimum atomic E-state index is -1.42. The number of nitrogens with one attached hydrogen (secondary N) is 2. The highest BCUT2D eigenvalue weighted by Crippen LogP contribution is 2.08. The van der Waals surface area contributed by atoms with Gasteiger partial charge in [-0.05, 0) is 31.5 Å². The molecule has 19 heavy (non-hydrogen) atoms. The SMILES string of the molecule is CC(C)(NC(=O)NCc1ccc(F)c(F)c1)C(=O)O. The molecule has 0 radical (unpaired) electrons. The summed E-state index contributed by atoms with van der Waals surface area (Å²) in [5.74, 6) is -3.17. The van der Waals surface area contributed by atoms with Gasteiger partial charge in [0.25, 0.3) is 0 Å². The molecule has 3 N–H and O–H groups in total. The molecule has 5 nitrogen and oxygen atoms in total. The van der Waals surface area contributed by atoms with Crippen molar-refractivity contribution < 1.29 is 23.5 Å². The van der Waals surface area contributed by atoms with Crippen molar-refractivity contribution in [3.63, 3.8) is 0 Å². The molecule has 1 aromatic rings. The van der Waals surface area contributed by atoms with Gasteiger partial charge in [-0.25, -0.2) is 18.4 Å². The molecule has 2 amide bonds. The second-order valence-corrected chi connectivity index (χ2v) is 4.49. The van der Waals surface area contributed by atoms with Crippen molar-refractivity contribution in [1.29, 1.82) is 0 Å². The van der Waals surface area contributed by atoms with Gasteiger partial charge in [0.1, 0.15) is 5.54 Å². The van der Waals surface area contributed by atoms with E-state index in [1.54, 1.807) is 0 Å². The molecule has 0 unspecified atom stereocenters. The lowest BCUT2D eigenvalue weighted by Gasteiger charge is -2.21. The average molecular weight is 272 g/mol. The first kappa shape index (κ1) is 14.9. The van der Waals surface area contributed by atoms with Gasteiger partial charge in [0.15, 0.2) is 11.6 Å². The van der Waals surface area contributed by atoms with Gasteiger partial charge in [-0.1, -0.05) is 6.07 Å². The molecule has 0 aliphatic rings. The Hall–Kier alpha value is -2.18. The van der Waals surface area contributed by atoms with E-state index < -0.39 is 29.2 Å². The van der Waals surface area contributed by atoms with E-state index in [4.69, 9.17) is 5.11 Å². The molecule has 104 valence electrons. The lowest BCUT2D eigenvalue weighted by atomic mass is 10.1. The normalized spacial score (nSPS) is 10.9. The van der Waals surface area contributed by atoms with Crippen molar-refractivity contribution in [3.8, 4) is 0 Å². The summed E-state index contributed by atoms with van der Waals surface area (Å²) in [6.07, 6.45) is 0. The van der Waals surface area contributed by atoms with Gasteiger partial charge in [-0.15, -0.1) is 0 Å². The van der Waals surface area contributed by atoms with Crippen LogP contribution in [0.4, 0.5) is 13.6 Å². The summed E-state index contributed by atoms with van der Waals surface area (Å²) in [6, 6.07) is 2.52. The third kappa shape index (κ3) is 4.20. The van der Waals surface area contributed by atoms with Gasteiger partial charge < -0.3 is 15.7 Å². The molecule has 0 fully saturated rings. The van der Waals surface area contributed by atoms with E-state index in [2.05, 4.69) is 10.6 Å². The Labute approximate surface area is 108 Å². The maximum absolute atomic E-state index is 12.9. The summed E-state index contributed by atoms with van der Waals surface area (Å²) in [6.45, 7) is 2.61. The van der Waals surface area contributed by atoms with Gasteiger partial charge in [-0.2, -0.15) is 0 Å². The van der Waals surface area contributed by atoms with E-state index in [-0.39, 0.29) is 6.54 Å². The quantitative estimate of drug-likeness (QED) is 0.779. The molecule has 0 aromatic heterocycles. The van der Waals surface area contributed by atoms with Crippen LogP contribution in [-0.2, 0) is 11.3 Å². The summed E-state index contributed by atoms with van der Waals surface area (Å²) in [4.78, 5) is 22.2. The van der Waals surface area contributed by atoms with Gasteiger partial charge in [-0.3, -0.25) is 0 Å². The zero-order chi connectivity index (χ0) is 14.6. The van der Waals surface area contributed by atoms with E-state index in [0.29, 0.717) is 5.56 Å². The summed E-state index contributed by atoms with van der Waals surface area (Å²) < 4.78 is 25.6. The highest BCUT2D eigenvalue weighted by atomic mass is 19.2. The van der Waals surface area contributed by atoms with Crippen LogP contribution in [-0.4, -0.2) is 22.6 Å². The number of carboxylic acids is 1. The van der Waals surface area contributed by atoms with Crippen molar-refractivity contribution >= 4 is 12.0 Å². The zero-order valence-corrected chi connectivity index (χ0v) is 10.5. The molecule has 0 aliphatic carbocycles. The van der Waals surface area contributed by atoms with E-state index in [0.717, 1.165) is 12.1 Å². The number of hydrogen-bond acceptors (Lipinski definition) is 2. The number of carboxylic acid groups (broad SMARTS) is 1. The van der Waals surface area contributed by atoms with Crippen molar-refractivity contribution in [3.05, 3.63) is 35.4 Å². The fraction of sp³-hybridized carbons (Fsp3) is 0.333. The molecule has 7 heteroatoms. The number of carbonyl (C=O) groups is 2. The van der Waals surface area contributed by atoms with Crippen LogP contribution in [0, 0.1) is 11.6 Å². The van der Waals surface area contributed by atoms with E-state index in [1.165, 1.54) is 19.9 Å². The molecular formula is C12H14F2N2O3. The zero-order valence-electron chi connectivity index (χ0n) is 10.5. The van der Waals surface area contributed by atoms with Crippen LogP contribution in [0.3, 0.4) is 0 Å². The first-order valence-corrected chi connectivity index (χ1v) is 5.45. The standard InChI is InChI=1S/C12H14F2N2O3/c1-12(2,10(17)18)16-11(19)15-6-7-3-4-8(13)9(14)5-7/h3-5H,6H2,1-2H3,(H,17,18)(H2,15,16,19). The summed E-state index contributed by atoms with van der Waals surface area (Å²) >= 11 is 0. The summed E-state index contributed by atoms with van der Waals surface area (Å²) in [7, 11) is 0. The van der Waals surface area contributed by atoms with Crippen LogP contribution in [0.15, 0.2) is 18.2 Å². The molecule has 0 aliphatic heterocycles. The third-order valence-corrected chi connectivity index (χ3v) is 2.40. The van der Waals surface area contributed by atoms with Gasteiger partial charge >= 0.3 is 12.0 Å². The molecule has 0 bridgehead atoms. The predicted octanol–water partition coefficient (Wildman–Crippen LogP) is 1.63. The first-order valence-electron chi connectivity index (χ1n) is 5.45. The number of aliphatic carboxylic acids is 1. The Bertz CT molecular complexity index is 504. The van der Waals surface area contributed by atoms with Crippen molar-refractivity contribution in [1.82, 2.24) is 10.6 Å². The molecular weight excluding hydrogens is 258 g/mol. The monoisotopic (exact) mass is 272 g/mol. The van der Waals surface area contributed by atoms with Gasteiger partial charge in [0, 0.05) is 6.54 Å². The van der Waals surface area contributed by atoms with Gasteiger partial charge in [0.2, 0.25) is 0 Å². The third-order valence-electron chi connectivity index (χ3n) is 2.40.